The second-order valence-electron chi connectivity index (χ2n) is 5.04. The van der Waals surface area contributed by atoms with E-state index < -0.39 is 0 Å². The highest BCUT2D eigenvalue weighted by atomic mass is 79.9. The lowest BCUT2D eigenvalue weighted by atomic mass is 10.0. The minimum Gasteiger partial charge on any atom is -0.325 e. The Morgan fingerprint density at radius 1 is 1.10 bits per heavy atom. The number of hydrogen-bond donors (Lipinski definition) is 1. The molecular formula is C17H18BrNO. The van der Waals surface area contributed by atoms with Crippen LogP contribution in [-0.4, -0.2) is 5.91 Å². The van der Waals surface area contributed by atoms with E-state index in [2.05, 4.69) is 28.2 Å². The highest BCUT2D eigenvalue weighted by Crippen LogP contribution is 2.27. The van der Waals surface area contributed by atoms with Crippen molar-refractivity contribution in [1.82, 2.24) is 0 Å². The Morgan fingerprint density at radius 2 is 1.70 bits per heavy atom. The van der Waals surface area contributed by atoms with Crippen molar-refractivity contribution in [2.75, 3.05) is 5.32 Å². The maximum Gasteiger partial charge on any atom is 0.231 e. The molecular weight excluding hydrogens is 314 g/mol. The molecule has 2 aromatic carbocycles. The van der Waals surface area contributed by atoms with Gasteiger partial charge in [-0.05, 0) is 65.5 Å². The molecule has 0 radical (unpaired) electrons. The quantitative estimate of drug-likeness (QED) is 0.859. The number of amides is 1. The van der Waals surface area contributed by atoms with E-state index in [1.54, 1.807) is 0 Å². The van der Waals surface area contributed by atoms with Crippen LogP contribution in [0.25, 0.3) is 0 Å². The second kappa shape index (κ2) is 6.23. The molecule has 0 heterocycles. The number of aryl methyl sites for hydroxylation is 2. The van der Waals surface area contributed by atoms with Gasteiger partial charge in [-0.1, -0.05) is 30.3 Å². The normalized spacial score (nSPS) is 12.0. The van der Waals surface area contributed by atoms with Crippen molar-refractivity contribution >= 4 is 27.5 Å². The lowest BCUT2D eigenvalue weighted by molar-refractivity contribution is -0.117. The number of rotatable bonds is 3. The van der Waals surface area contributed by atoms with E-state index in [9.17, 15) is 4.79 Å². The third kappa shape index (κ3) is 3.28. The number of nitrogens with one attached hydrogen (secondary N) is 1. The van der Waals surface area contributed by atoms with Gasteiger partial charge in [0.1, 0.15) is 0 Å². The van der Waals surface area contributed by atoms with Crippen LogP contribution in [0, 0.1) is 13.8 Å². The SMILES string of the molecule is Cc1cc(Br)c(NC(=O)[C@H](C)c2ccccc2)cc1C. The van der Waals surface area contributed by atoms with E-state index in [-0.39, 0.29) is 11.8 Å². The molecule has 0 bridgehead atoms. The van der Waals surface area contributed by atoms with Gasteiger partial charge in [0.15, 0.2) is 0 Å². The van der Waals surface area contributed by atoms with Gasteiger partial charge in [0.2, 0.25) is 5.91 Å². The number of carbonyl (C=O) groups is 1. The summed E-state index contributed by atoms with van der Waals surface area (Å²) in [6, 6.07) is 13.8. The first kappa shape index (κ1) is 14.8. The number of benzene rings is 2. The molecule has 2 nitrogen and oxygen atoms in total. The first-order chi connectivity index (χ1) is 9.49. The molecule has 0 fully saturated rings. The minimum atomic E-state index is -0.176. The van der Waals surface area contributed by atoms with Crippen LogP contribution in [0.1, 0.15) is 29.5 Å². The molecule has 2 aromatic rings. The van der Waals surface area contributed by atoms with Crippen molar-refractivity contribution in [3.63, 3.8) is 0 Å². The monoisotopic (exact) mass is 331 g/mol. The first-order valence-electron chi connectivity index (χ1n) is 6.61. The zero-order valence-electron chi connectivity index (χ0n) is 11.9. The fraction of sp³-hybridized carbons (Fsp3) is 0.235. The smallest absolute Gasteiger partial charge is 0.231 e. The Hall–Kier alpha value is -1.61. The summed E-state index contributed by atoms with van der Waals surface area (Å²) in [6.07, 6.45) is 0. The van der Waals surface area contributed by atoms with Crippen LogP contribution in [-0.2, 0) is 4.79 Å². The molecule has 0 unspecified atom stereocenters. The van der Waals surface area contributed by atoms with Crippen LogP contribution in [0.4, 0.5) is 5.69 Å². The zero-order chi connectivity index (χ0) is 14.7. The molecule has 0 aromatic heterocycles. The van der Waals surface area contributed by atoms with Gasteiger partial charge in [0, 0.05) is 4.47 Å². The minimum absolute atomic E-state index is 0.000142. The summed E-state index contributed by atoms with van der Waals surface area (Å²) in [4.78, 5) is 12.3. The van der Waals surface area contributed by atoms with Gasteiger partial charge < -0.3 is 5.32 Å². The summed E-state index contributed by atoms with van der Waals surface area (Å²) in [6.45, 7) is 6.01. The maximum absolute atomic E-state index is 12.3. The highest BCUT2D eigenvalue weighted by molar-refractivity contribution is 9.10. The molecule has 20 heavy (non-hydrogen) atoms. The summed E-state index contributed by atoms with van der Waals surface area (Å²) < 4.78 is 0.911. The molecule has 0 aliphatic heterocycles. The number of halogens is 1. The third-order valence-electron chi connectivity index (χ3n) is 3.53. The van der Waals surface area contributed by atoms with E-state index in [0.717, 1.165) is 21.3 Å². The van der Waals surface area contributed by atoms with Gasteiger partial charge in [0.05, 0.1) is 11.6 Å². The van der Waals surface area contributed by atoms with Crippen LogP contribution in [0.5, 0.6) is 0 Å². The van der Waals surface area contributed by atoms with Crippen molar-refractivity contribution in [1.29, 1.82) is 0 Å². The number of anilines is 1. The summed E-state index contributed by atoms with van der Waals surface area (Å²) >= 11 is 3.50. The zero-order valence-corrected chi connectivity index (χ0v) is 13.5. The maximum atomic E-state index is 12.3. The lowest BCUT2D eigenvalue weighted by Gasteiger charge is -2.15. The van der Waals surface area contributed by atoms with Crippen molar-refractivity contribution in [2.45, 2.75) is 26.7 Å². The van der Waals surface area contributed by atoms with E-state index >= 15 is 0 Å². The molecule has 3 heteroatoms. The van der Waals surface area contributed by atoms with Crippen molar-refractivity contribution < 1.29 is 4.79 Å². The standard InChI is InChI=1S/C17H18BrNO/c1-11-9-15(18)16(10-12(11)2)19-17(20)13(3)14-7-5-4-6-8-14/h4-10,13H,1-3H3,(H,19,20)/t13-/m1/s1. The van der Waals surface area contributed by atoms with Crippen LogP contribution >= 0.6 is 15.9 Å². The molecule has 104 valence electrons. The van der Waals surface area contributed by atoms with Gasteiger partial charge in [-0.2, -0.15) is 0 Å². The van der Waals surface area contributed by atoms with Crippen molar-refractivity contribution in [3.05, 3.63) is 63.6 Å². The second-order valence-corrected chi connectivity index (χ2v) is 5.89. The van der Waals surface area contributed by atoms with Gasteiger partial charge in [-0.25, -0.2) is 0 Å². The Morgan fingerprint density at radius 3 is 2.35 bits per heavy atom. The molecule has 1 amide bonds. The van der Waals surface area contributed by atoms with Gasteiger partial charge in [-0.3, -0.25) is 4.79 Å². The summed E-state index contributed by atoms with van der Waals surface area (Å²) in [5.41, 5.74) is 4.20. The molecule has 0 saturated carbocycles. The van der Waals surface area contributed by atoms with E-state index in [1.165, 1.54) is 5.56 Å². The van der Waals surface area contributed by atoms with E-state index in [4.69, 9.17) is 0 Å². The topological polar surface area (TPSA) is 29.1 Å². The first-order valence-corrected chi connectivity index (χ1v) is 7.41. The Kier molecular flexibility index (Phi) is 4.61. The Balaban J connectivity index is 2.18. The molecule has 0 aliphatic rings. The van der Waals surface area contributed by atoms with Gasteiger partial charge in [0.25, 0.3) is 0 Å². The highest BCUT2D eigenvalue weighted by Gasteiger charge is 2.16. The van der Waals surface area contributed by atoms with Crippen molar-refractivity contribution in [2.24, 2.45) is 0 Å². The molecule has 0 aliphatic carbocycles. The van der Waals surface area contributed by atoms with Crippen molar-refractivity contribution in [3.8, 4) is 0 Å². The summed E-state index contributed by atoms with van der Waals surface area (Å²) in [5.74, 6) is -0.176. The third-order valence-corrected chi connectivity index (χ3v) is 4.19. The molecule has 0 spiro atoms. The van der Waals surface area contributed by atoms with Crippen LogP contribution in [0.3, 0.4) is 0 Å². The summed E-state index contributed by atoms with van der Waals surface area (Å²) in [5, 5.41) is 2.99. The average molecular weight is 332 g/mol. The molecule has 1 atom stereocenters. The lowest BCUT2D eigenvalue weighted by Crippen LogP contribution is -2.19. The molecule has 0 saturated heterocycles. The fourth-order valence-corrected chi connectivity index (χ4v) is 2.57. The Bertz CT molecular complexity index is 622. The van der Waals surface area contributed by atoms with Gasteiger partial charge >= 0.3 is 0 Å². The van der Waals surface area contributed by atoms with E-state index in [0.29, 0.717) is 0 Å². The van der Waals surface area contributed by atoms with Crippen LogP contribution < -0.4 is 5.32 Å². The largest absolute Gasteiger partial charge is 0.325 e. The fourth-order valence-electron chi connectivity index (χ4n) is 2.01. The Labute approximate surface area is 128 Å². The summed E-state index contributed by atoms with van der Waals surface area (Å²) in [7, 11) is 0. The predicted molar refractivity (Wildman–Crippen MR) is 87.1 cm³/mol. The molecule has 1 N–H and O–H groups in total. The molecule has 2 rings (SSSR count). The predicted octanol–water partition coefficient (Wildman–Crippen LogP) is 4.81. The number of hydrogen-bond acceptors (Lipinski definition) is 1. The van der Waals surface area contributed by atoms with Crippen LogP contribution in [0.2, 0.25) is 0 Å². The van der Waals surface area contributed by atoms with Gasteiger partial charge in [-0.15, -0.1) is 0 Å². The van der Waals surface area contributed by atoms with E-state index in [1.807, 2.05) is 56.3 Å². The van der Waals surface area contributed by atoms with Crippen LogP contribution in [0.15, 0.2) is 46.9 Å². The number of carbonyl (C=O) groups excluding carboxylic acids is 1. The average Bonchev–Trinajstić information content (AvgIpc) is 2.44.